The second kappa shape index (κ2) is 8.75. The van der Waals surface area contributed by atoms with Crippen molar-refractivity contribution in [1.29, 1.82) is 0 Å². The third-order valence-electron chi connectivity index (χ3n) is 4.37. The van der Waals surface area contributed by atoms with Crippen molar-refractivity contribution in [3.63, 3.8) is 0 Å². The van der Waals surface area contributed by atoms with E-state index in [2.05, 4.69) is 55.2 Å². The van der Waals surface area contributed by atoms with Gasteiger partial charge in [0.2, 0.25) is 0 Å². The molecular formula is C21H18BrIN2O2S. The number of nitrogens with one attached hydrogen (secondary N) is 2. The van der Waals surface area contributed by atoms with E-state index in [9.17, 15) is 4.79 Å². The van der Waals surface area contributed by atoms with Gasteiger partial charge in [-0.15, -0.1) is 0 Å². The lowest BCUT2D eigenvalue weighted by Crippen LogP contribution is -2.34. The molecule has 0 aliphatic heterocycles. The minimum atomic E-state index is -0.333. The van der Waals surface area contributed by atoms with Gasteiger partial charge in [0.25, 0.3) is 5.91 Å². The van der Waals surface area contributed by atoms with E-state index >= 15 is 0 Å². The molecule has 0 radical (unpaired) electrons. The molecule has 3 aromatic carbocycles. The molecule has 0 aliphatic rings. The largest absolute Gasteiger partial charge is 0.495 e. The van der Waals surface area contributed by atoms with Crippen molar-refractivity contribution in [2.45, 2.75) is 13.8 Å². The number of carbonyl (C=O) groups is 1. The molecule has 0 atom stereocenters. The second-order valence-electron chi connectivity index (χ2n) is 6.32. The number of methoxy groups -OCH3 is 1. The molecule has 4 nitrogen and oxygen atoms in total. The second-order valence-corrected chi connectivity index (χ2v) is 8.68. The van der Waals surface area contributed by atoms with E-state index in [0.717, 1.165) is 32.1 Å². The molecule has 0 unspecified atom stereocenters. The van der Waals surface area contributed by atoms with Crippen LogP contribution in [0.25, 0.3) is 10.8 Å². The van der Waals surface area contributed by atoms with Gasteiger partial charge in [0.1, 0.15) is 5.75 Å². The molecule has 144 valence electrons. The van der Waals surface area contributed by atoms with Crippen molar-refractivity contribution in [2.24, 2.45) is 0 Å². The minimum absolute atomic E-state index is 0.236. The number of thiocarbonyl (C=S) groups is 1. The van der Waals surface area contributed by atoms with E-state index in [0.29, 0.717) is 11.3 Å². The molecule has 3 aromatic rings. The van der Waals surface area contributed by atoms with E-state index in [4.69, 9.17) is 17.0 Å². The van der Waals surface area contributed by atoms with E-state index in [1.807, 2.05) is 44.2 Å². The van der Waals surface area contributed by atoms with Crippen LogP contribution in [-0.4, -0.2) is 18.1 Å². The Balaban J connectivity index is 1.87. The van der Waals surface area contributed by atoms with Gasteiger partial charge >= 0.3 is 0 Å². The van der Waals surface area contributed by atoms with Gasteiger partial charge in [-0.25, -0.2) is 0 Å². The van der Waals surface area contributed by atoms with Gasteiger partial charge in [-0.05, 0) is 105 Å². The zero-order valence-corrected chi connectivity index (χ0v) is 20.1. The Labute approximate surface area is 191 Å². The van der Waals surface area contributed by atoms with E-state index in [-0.39, 0.29) is 11.0 Å². The smallest absolute Gasteiger partial charge is 0.261 e. The number of hydrogen-bond acceptors (Lipinski definition) is 3. The molecule has 0 fully saturated rings. The summed E-state index contributed by atoms with van der Waals surface area (Å²) >= 11 is 11.2. The van der Waals surface area contributed by atoms with E-state index in [1.54, 1.807) is 13.2 Å². The third-order valence-corrected chi connectivity index (χ3v) is 6.52. The summed E-state index contributed by atoms with van der Waals surface area (Å²) in [6.45, 7) is 4.03. The fourth-order valence-corrected chi connectivity index (χ4v) is 4.45. The normalized spacial score (nSPS) is 10.6. The summed E-state index contributed by atoms with van der Waals surface area (Å²) in [5.41, 5.74) is 3.48. The highest BCUT2D eigenvalue weighted by atomic mass is 127. The first kappa shape index (κ1) is 21.0. The summed E-state index contributed by atoms with van der Waals surface area (Å²) in [6.07, 6.45) is 0. The fourth-order valence-electron chi connectivity index (χ4n) is 2.89. The van der Waals surface area contributed by atoms with E-state index in [1.165, 1.54) is 3.57 Å². The van der Waals surface area contributed by atoms with Crippen LogP contribution in [0, 0.1) is 17.4 Å². The number of anilines is 1. The summed E-state index contributed by atoms with van der Waals surface area (Å²) < 4.78 is 7.40. The van der Waals surface area contributed by atoms with Gasteiger partial charge < -0.3 is 10.1 Å². The van der Waals surface area contributed by atoms with Crippen LogP contribution in [0.15, 0.2) is 46.9 Å². The van der Waals surface area contributed by atoms with Gasteiger partial charge in [-0.3, -0.25) is 10.1 Å². The van der Waals surface area contributed by atoms with Crippen LogP contribution in [0.2, 0.25) is 0 Å². The Bertz CT molecular complexity index is 1100. The number of benzene rings is 3. The van der Waals surface area contributed by atoms with Gasteiger partial charge in [-0.2, -0.15) is 0 Å². The molecular weight excluding hydrogens is 551 g/mol. The molecule has 0 aliphatic carbocycles. The maximum absolute atomic E-state index is 12.9. The average Bonchev–Trinajstić information content (AvgIpc) is 2.66. The Kier molecular flexibility index (Phi) is 6.57. The minimum Gasteiger partial charge on any atom is -0.495 e. The molecule has 7 heteroatoms. The Hall–Kier alpha value is -1.71. The summed E-state index contributed by atoms with van der Waals surface area (Å²) in [5.74, 6) is 0.140. The Morgan fingerprint density at radius 3 is 2.57 bits per heavy atom. The van der Waals surface area contributed by atoms with Crippen molar-refractivity contribution in [3.05, 3.63) is 67.2 Å². The Morgan fingerprint density at radius 1 is 1.14 bits per heavy atom. The van der Waals surface area contributed by atoms with Crippen LogP contribution in [0.1, 0.15) is 21.5 Å². The average molecular weight is 569 g/mol. The number of carbonyl (C=O) groups excluding carboxylic acids is 1. The number of hydrogen-bond donors (Lipinski definition) is 2. The zero-order chi connectivity index (χ0) is 20.4. The molecule has 0 heterocycles. The zero-order valence-electron chi connectivity index (χ0n) is 15.5. The first-order chi connectivity index (χ1) is 13.3. The van der Waals surface area contributed by atoms with Crippen LogP contribution in [0.4, 0.5) is 5.69 Å². The summed E-state index contributed by atoms with van der Waals surface area (Å²) in [6, 6.07) is 13.7. The monoisotopic (exact) mass is 568 g/mol. The highest BCUT2D eigenvalue weighted by Gasteiger charge is 2.19. The van der Waals surface area contributed by atoms with Crippen LogP contribution in [0.3, 0.4) is 0 Å². The first-order valence-corrected chi connectivity index (χ1v) is 10.7. The topological polar surface area (TPSA) is 50.4 Å². The molecule has 2 N–H and O–H groups in total. The van der Waals surface area contributed by atoms with Crippen molar-refractivity contribution in [2.75, 3.05) is 12.4 Å². The van der Waals surface area contributed by atoms with Crippen molar-refractivity contribution < 1.29 is 9.53 Å². The SMILES string of the molecule is COc1c(C(=O)NC(=S)Nc2cc(C)c(I)cc2C)cc2ccccc2c1Br. The standard InChI is InChI=1S/C21H18BrIN2O2S/c1-11-9-17(12(2)8-16(11)23)24-21(28)25-20(26)15-10-13-6-4-5-7-14(13)18(22)19(15)27-3/h4-10H,1-3H3,(H2,24,25,26,28). The lowest BCUT2D eigenvalue weighted by molar-refractivity contribution is 0.0975. The molecule has 3 rings (SSSR count). The van der Waals surface area contributed by atoms with Crippen LogP contribution in [0.5, 0.6) is 5.75 Å². The van der Waals surface area contributed by atoms with Crippen LogP contribution in [-0.2, 0) is 0 Å². The van der Waals surface area contributed by atoms with Crippen LogP contribution >= 0.6 is 50.7 Å². The van der Waals surface area contributed by atoms with Crippen molar-refractivity contribution >= 4 is 78.2 Å². The maximum atomic E-state index is 12.9. The van der Waals surface area contributed by atoms with Gasteiger partial charge in [0.15, 0.2) is 5.11 Å². The highest BCUT2D eigenvalue weighted by molar-refractivity contribution is 14.1. The number of ether oxygens (including phenoxy) is 1. The summed E-state index contributed by atoms with van der Waals surface area (Å²) in [5, 5.41) is 8.01. The number of amides is 1. The summed E-state index contributed by atoms with van der Waals surface area (Å²) in [4.78, 5) is 12.9. The number of aryl methyl sites for hydroxylation is 2. The van der Waals surface area contributed by atoms with Gasteiger partial charge in [0.05, 0.1) is 17.1 Å². The predicted octanol–water partition coefficient (Wildman–Crippen LogP) is 5.96. The third kappa shape index (κ3) is 4.31. The van der Waals surface area contributed by atoms with Crippen LogP contribution < -0.4 is 15.4 Å². The molecule has 0 saturated carbocycles. The predicted molar refractivity (Wildman–Crippen MR) is 131 cm³/mol. The first-order valence-electron chi connectivity index (χ1n) is 8.46. The fraction of sp³-hybridized carbons (Fsp3) is 0.143. The molecule has 0 spiro atoms. The molecule has 0 saturated heterocycles. The number of fused-ring (bicyclic) bond motifs is 1. The van der Waals surface area contributed by atoms with Crippen molar-refractivity contribution in [3.8, 4) is 5.75 Å². The highest BCUT2D eigenvalue weighted by Crippen LogP contribution is 2.36. The Morgan fingerprint density at radius 2 is 1.86 bits per heavy atom. The lowest BCUT2D eigenvalue weighted by Gasteiger charge is -2.16. The molecule has 0 aromatic heterocycles. The van der Waals surface area contributed by atoms with E-state index < -0.39 is 0 Å². The van der Waals surface area contributed by atoms with Crippen molar-refractivity contribution in [1.82, 2.24) is 5.32 Å². The number of halogens is 2. The summed E-state index contributed by atoms with van der Waals surface area (Å²) in [7, 11) is 1.54. The number of rotatable bonds is 3. The lowest BCUT2D eigenvalue weighted by atomic mass is 10.1. The van der Waals surface area contributed by atoms with Gasteiger partial charge in [0, 0.05) is 9.26 Å². The van der Waals surface area contributed by atoms with Gasteiger partial charge in [-0.1, -0.05) is 24.3 Å². The quantitative estimate of drug-likeness (QED) is 0.302. The maximum Gasteiger partial charge on any atom is 0.261 e. The molecule has 28 heavy (non-hydrogen) atoms. The molecule has 0 bridgehead atoms. The molecule has 1 amide bonds.